The number of aryl methyl sites for hydroxylation is 3. The van der Waals surface area contributed by atoms with Crippen LogP contribution in [0.15, 0.2) is 28.8 Å². The molecule has 0 saturated carbocycles. The minimum absolute atomic E-state index is 0.0492. The molecule has 0 fully saturated rings. The van der Waals surface area contributed by atoms with Gasteiger partial charge in [0.15, 0.2) is 5.82 Å². The fraction of sp³-hybridized carbons (Fsp3) is 0.450. The fourth-order valence-corrected chi connectivity index (χ4v) is 2.78. The number of hydrogen-bond donors (Lipinski definition) is 2. The zero-order valence-corrected chi connectivity index (χ0v) is 16.5. The molecule has 1 aromatic heterocycles. The number of benzene rings is 1. The molecule has 2 aromatic rings. The molecule has 3 amide bonds. The Hall–Kier alpha value is -2.83. The van der Waals surface area contributed by atoms with Crippen LogP contribution in [-0.4, -0.2) is 35.1 Å². The van der Waals surface area contributed by atoms with Gasteiger partial charge >= 0.3 is 6.03 Å². The number of para-hydroxylation sites is 1. The molecule has 7 nitrogen and oxygen atoms in total. The van der Waals surface area contributed by atoms with E-state index >= 15 is 0 Å². The highest BCUT2D eigenvalue weighted by atomic mass is 16.5. The van der Waals surface area contributed by atoms with Gasteiger partial charge in [-0.15, -0.1) is 0 Å². The predicted molar refractivity (Wildman–Crippen MR) is 106 cm³/mol. The zero-order chi connectivity index (χ0) is 19.8. The maximum absolute atomic E-state index is 12.8. The van der Waals surface area contributed by atoms with Crippen molar-refractivity contribution in [1.29, 1.82) is 0 Å². The maximum Gasteiger partial charge on any atom is 0.322 e. The molecule has 0 unspecified atom stereocenters. The Morgan fingerprint density at radius 1 is 1.11 bits per heavy atom. The first kappa shape index (κ1) is 20.5. The van der Waals surface area contributed by atoms with Crippen LogP contribution < -0.4 is 10.6 Å². The van der Waals surface area contributed by atoms with Crippen molar-refractivity contribution in [2.75, 3.05) is 23.7 Å². The van der Waals surface area contributed by atoms with Crippen LogP contribution >= 0.6 is 0 Å². The van der Waals surface area contributed by atoms with Gasteiger partial charge < -0.3 is 20.1 Å². The van der Waals surface area contributed by atoms with Crippen LogP contribution in [0.4, 0.5) is 16.3 Å². The number of amides is 3. The van der Waals surface area contributed by atoms with E-state index in [1.165, 1.54) is 4.90 Å². The van der Waals surface area contributed by atoms with E-state index in [4.69, 9.17) is 4.52 Å². The summed E-state index contributed by atoms with van der Waals surface area (Å²) in [4.78, 5) is 26.7. The number of urea groups is 1. The monoisotopic (exact) mass is 372 g/mol. The van der Waals surface area contributed by atoms with Gasteiger partial charge in [0, 0.05) is 18.3 Å². The molecule has 0 spiro atoms. The van der Waals surface area contributed by atoms with E-state index in [2.05, 4.69) is 22.7 Å². The Labute approximate surface area is 160 Å². The molecule has 0 aliphatic carbocycles. The number of aromatic nitrogens is 1. The fourth-order valence-electron chi connectivity index (χ4n) is 2.78. The summed E-state index contributed by atoms with van der Waals surface area (Å²) < 4.78 is 4.94. The van der Waals surface area contributed by atoms with Crippen LogP contribution in [0.1, 0.15) is 43.1 Å². The SMILES string of the molecule is CCCCCN(CC(=O)Nc1cc(C)on1)C(=O)Nc1c(C)cccc1C. The lowest BCUT2D eigenvalue weighted by Crippen LogP contribution is -2.41. The number of nitrogens with one attached hydrogen (secondary N) is 2. The number of hydrogen-bond acceptors (Lipinski definition) is 4. The van der Waals surface area contributed by atoms with Gasteiger partial charge in [0.1, 0.15) is 12.3 Å². The number of unbranched alkanes of at least 4 members (excludes halogenated alkanes) is 2. The van der Waals surface area contributed by atoms with E-state index in [-0.39, 0.29) is 18.5 Å². The molecule has 1 heterocycles. The van der Waals surface area contributed by atoms with Gasteiger partial charge in [-0.2, -0.15) is 0 Å². The molecule has 0 aliphatic heterocycles. The van der Waals surface area contributed by atoms with Gasteiger partial charge in [0.2, 0.25) is 5.91 Å². The summed E-state index contributed by atoms with van der Waals surface area (Å²) in [5.41, 5.74) is 2.76. The highest BCUT2D eigenvalue weighted by Gasteiger charge is 2.19. The number of anilines is 2. The quantitative estimate of drug-likeness (QED) is 0.678. The summed E-state index contributed by atoms with van der Waals surface area (Å²) in [6, 6.07) is 7.20. The molecule has 27 heavy (non-hydrogen) atoms. The van der Waals surface area contributed by atoms with Crippen molar-refractivity contribution < 1.29 is 14.1 Å². The number of carbonyl (C=O) groups excluding carboxylic acids is 2. The summed E-state index contributed by atoms with van der Waals surface area (Å²) >= 11 is 0. The third-order valence-electron chi connectivity index (χ3n) is 4.26. The lowest BCUT2D eigenvalue weighted by Gasteiger charge is -2.23. The number of carbonyl (C=O) groups is 2. The molecule has 0 bridgehead atoms. The third-order valence-corrected chi connectivity index (χ3v) is 4.26. The Morgan fingerprint density at radius 3 is 2.41 bits per heavy atom. The second kappa shape index (κ2) is 9.75. The largest absolute Gasteiger partial charge is 0.360 e. The van der Waals surface area contributed by atoms with Crippen molar-refractivity contribution >= 4 is 23.4 Å². The van der Waals surface area contributed by atoms with Crippen LogP contribution in [0.5, 0.6) is 0 Å². The van der Waals surface area contributed by atoms with Gasteiger partial charge in [-0.05, 0) is 38.3 Å². The molecule has 146 valence electrons. The van der Waals surface area contributed by atoms with Crippen LogP contribution in [0.25, 0.3) is 0 Å². The molecule has 0 saturated heterocycles. The lowest BCUT2D eigenvalue weighted by atomic mass is 10.1. The van der Waals surface area contributed by atoms with E-state index in [1.54, 1.807) is 13.0 Å². The Balaban J connectivity index is 2.05. The molecule has 0 radical (unpaired) electrons. The first-order valence-corrected chi connectivity index (χ1v) is 9.26. The first-order valence-electron chi connectivity index (χ1n) is 9.26. The van der Waals surface area contributed by atoms with Gasteiger partial charge in [0.25, 0.3) is 0 Å². The van der Waals surface area contributed by atoms with Crippen LogP contribution in [0.2, 0.25) is 0 Å². The van der Waals surface area contributed by atoms with Crippen molar-refractivity contribution in [2.24, 2.45) is 0 Å². The molecule has 1 aromatic carbocycles. The normalized spacial score (nSPS) is 10.5. The molecule has 0 aliphatic rings. The lowest BCUT2D eigenvalue weighted by molar-refractivity contribution is -0.116. The van der Waals surface area contributed by atoms with Crippen molar-refractivity contribution in [1.82, 2.24) is 10.1 Å². The van der Waals surface area contributed by atoms with Gasteiger partial charge in [-0.25, -0.2) is 4.79 Å². The average molecular weight is 372 g/mol. The van der Waals surface area contributed by atoms with Crippen molar-refractivity contribution in [3.8, 4) is 0 Å². The van der Waals surface area contributed by atoms with Gasteiger partial charge in [0.05, 0.1) is 0 Å². The van der Waals surface area contributed by atoms with E-state index in [0.717, 1.165) is 36.1 Å². The van der Waals surface area contributed by atoms with E-state index in [1.807, 2.05) is 32.0 Å². The molecule has 7 heteroatoms. The van der Waals surface area contributed by atoms with Crippen LogP contribution in [0.3, 0.4) is 0 Å². The van der Waals surface area contributed by atoms with Gasteiger partial charge in [-0.3, -0.25) is 4.79 Å². The topological polar surface area (TPSA) is 87.5 Å². The standard InChI is InChI=1S/C20H28N4O3/c1-5-6-7-11-24(13-18(25)21-17-12-16(4)27-23-17)20(26)22-19-14(2)9-8-10-15(19)3/h8-10,12H,5-7,11,13H2,1-4H3,(H,22,26)(H,21,23,25). The summed E-state index contributed by atoms with van der Waals surface area (Å²) in [5.74, 6) is 0.649. The zero-order valence-electron chi connectivity index (χ0n) is 16.5. The van der Waals surface area contributed by atoms with Crippen molar-refractivity contribution in [3.63, 3.8) is 0 Å². The smallest absolute Gasteiger partial charge is 0.322 e. The first-order chi connectivity index (χ1) is 12.9. The van der Waals surface area contributed by atoms with Gasteiger partial charge in [-0.1, -0.05) is 43.1 Å². The summed E-state index contributed by atoms with van der Waals surface area (Å²) in [6.07, 6.45) is 2.88. The minimum atomic E-state index is -0.309. The minimum Gasteiger partial charge on any atom is -0.360 e. The van der Waals surface area contributed by atoms with Crippen molar-refractivity contribution in [3.05, 3.63) is 41.2 Å². The second-order valence-corrected chi connectivity index (χ2v) is 6.70. The highest BCUT2D eigenvalue weighted by Crippen LogP contribution is 2.20. The average Bonchev–Trinajstić information content (AvgIpc) is 3.02. The Bertz CT molecular complexity index is 765. The number of nitrogens with zero attached hydrogens (tertiary/aromatic N) is 2. The summed E-state index contributed by atoms with van der Waals surface area (Å²) in [7, 11) is 0. The highest BCUT2D eigenvalue weighted by molar-refractivity contribution is 5.97. The summed E-state index contributed by atoms with van der Waals surface area (Å²) in [5, 5.41) is 9.36. The van der Waals surface area contributed by atoms with E-state index < -0.39 is 0 Å². The molecule has 2 N–H and O–H groups in total. The Kier molecular flexibility index (Phi) is 7.40. The third kappa shape index (κ3) is 6.13. The molecular weight excluding hydrogens is 344 g/mol. The molecule has 0 atom stereocenters. The molecular formula is C20H28N4O3. The van der Waals surface area contributed by atoms with Crippen LogP contribution in [0, 0.1) is 20.8 Å². The number of rotatable bonds is 8. The Morgan fingerprint density at radius 2 is 1.81 bits per heavy atom. The maximum atomic E-state index is 12.8. The molecule has 2 rings (SSSR count). The summed E-state index contributed by atoms with van der Waals surface area (Å²) in [6.45, 7) is 8.20. The predicted octanol–water partition coefficient (Wildman–Crippen LogP) is 4.26. The second-order valence-electron chi connectivity index (χ2n) is 6.70. The van der Waals surface area contributed by atoms with E-state index in [0.29, 0.717) is 18.1 Å². The van der Waals surface area contributed by atoms with E-state index in [9.17, 15) is 9.59 Å². The van der Waals surface area contributed by atoms with Crippen LogP contribution in [-0.2, 0) is 4.79 Å². The van der Waals surface area contributed by atoms with Crippen molar-refractivity contribution in [2.45, 2.75) is 47.0 Å².